The third-order valence-electron chi connectivity index (χ3n) is 6.77. The average Bonchev–Trinajstić information content (AvgIpc) is 3.34. The molecule has 0 aliphatic carbocycles. The van der Waals surface area contributed by atoms with Gasteiger partial charge in [-0.1, -0.05) is 0 Å². The molecule has 2 aromatic heterocycles. The topological polar surface area (TPSA) is 150 Å². The van der Waals surface area contributed by atoms with Crippen molar-refractivity contribution in [3.63, 3.8) is 0 Å². The van der Waals surface area contributed by atoms with Gasteiger partial charge in [-0.3, -0.25) is 15.0 Å². The van der Waals surface area contributed by atoms with Gasteiger partial charge in [0.15, 0.2) is 6.29 Å². The number of nitriles is 1. The highest BCUT2D eigenvalue weighted by molar-refractivity contribution is 6.01. The van der Waals surface area contributed by atoms with Gasteiger partial charge in [-0.05, 0) is 37.8 Å². The maximum Gasteiger partial charge on any atom is 0.328 e. The fraction of sp³-hybridized carbons (Fsp3) is 0.444. The van der Waals surface area contributed by atoms with E-state index in [2.05, 4.69) is 26.7 Å². The molecule has 2 amide bonds. The summed E-state index contributed by atoms with van der Waals surface area (Å²) in [5.74, 6) is 2.65. The standard InChI is InChI=1S/C27H31N7O5/c1-17(16-38-2)30-21-10-25(29-12-20(21)11-28)32-27(37)34-7-4-5-18-9-19(22(14-35)31-26(18)34)13-33-8-6-24(39-3)23(33)15-36/h9-10,12,14,17,24H,4-8,13,16H2,1-3H3,(H2,29,30,32,37)/t17-,24-/m0/s1. The van der Waals surface area contributed by atoms with E-state index in [4.69, 9.17) is 9.47 Å². The van der Waals surface area contributed by atoms with E-state index < -0.39 is 6.03 Å². The Hall–Kier alpha value is -4.30. The van der Waals surface area contributed by atoms with Crippen molar-refractivity contribution in [3.05, 3.63) is 46.4 Å². The van der Waals surface area contributed by atoms with Crippen LogP contribution in [0, 0.1) is 11.3 Å². The van der Waals surface area contributed by atoms with Crippen LogP contribution in [0.25, 0.3) is 0 Å². The highest BCUT2D eigenvalue weighted by Gasteiger charge is 2.31. The van der Waals surface area contributed by atoms with Crippen molar-refractivity contribution in [2.24, 2.45) is 0 Å². The van der Waals surface area contributed by atoms with Gasteiger partial charge in [-0.2, -0.15) is 5.26 Å². The highest BCUT2D eigenvalue weighted by Crippen LogP contribution is 2.31. The van der Waals surface area contributed by atoms with Crippen molar-refractivity contribution in [2.75, 3.05) is 49.4 Å². The van der Waals surface area contributed by atoms with Gasteiger partial charge in [0.25, 0.3) is 0 Å². The Morgan fingerprint density at radius 3 is 2.85 bits per heavy atom. The van der Waals surface area contributed by atoms with Gasteiger partial charge in [0.1, 0.15) is 41.1 Å². The number of aryl methyl sites for hydroxylation is 1. The Morgan fingerprint density at radius 1 is 1.33 bits per heavy atom. The second-order valence-electron chi connectivity index (χ2n) is 9.47. The maximum absolute atomic E-state index is 13.3. The van der Waals surface area contributed by atoms with Crippen LogP contribution >= 0.6 is 0 Å². The first-order valence-corrected chi connectivity index (χ1v) is 12.7. The zero-order valence-electron chi connectivity index (χ0n) is 22.2. The number of likely N-dealkylation sites (tertiary alicyclic amines) is 1. The summed E-state index contributed by atoms with van der Waals surface area (Å²) in [6.07, 6.45) is 3.80. The fourth-order valence-corrected chi connectivity index (χ4v) is 4.91. The van der Waals surface area contributed by atoms with E-state index in [0.29, 0.717) is 80.1 Å². The summed E-state index contributed by atoms with van der Waals surface area (Å²) in [6, 6.07) is 5.05. The average molecular weight is 534 g/mol. The molecule has 0 saturated carbocycles. The normalized spacial score (nSPS) is 17.2. The van der Waals surface area contributed by atoms with E-state index >= 15 is 0 Å². The summed E-state index contributed by atoms with van der Waals surface area (Å²) < 4.78 is 10.5. The van der Waals surface area contributed by atoms with Gasteiger partial charge in [0.2, 0.25) is 0 Å². The molecule has 2 aliphatic rings. The number of methoxy groups -OCH3 is 2. The molecule has 2 aromatic rings. The van der Waals surface area contributed by atoms with Crippen LogP contribution in [-0.2, 0) is 27.2 Å². The van der Waals surface area contributed by atoms with Crippen LogP contribution in [0.3, 0.4) is 0 Å². The van der Waals surface area contributed by atoms with Crippen molar-refractivity contribution in [1.82, 2.24) is 14.9 Å². The molecule has 0 bridgehead atoms. The number of carbonyl (C=O) groups excluding carboxylic acids is 3. The van der Waals surface area contributed by atoms with Crippen molar-refractivity contribution in [2.45, 2.75) is 44.9 Å². The number of pyridine rings is 2. The second kappa shape index (κ2) is 12.5. The number of carbonyl (C=O) groups is 2. The van der Waals surface area contributed by atoms with Crippen molar-refractivity contribution < 1.29 is 23.9 Å². The lowest BCUT2D eigenvalue weighted by molar-refractivity contribution is 0.111. The van der Waals surface area contributed by atoms with E-state index in [0.717, 1.165) is 5.56 Å². The Bertz CT molecular complexity index is 1330. The molecule has 204 valence electrons. The summed E-state index contributed by atoms with van der Waals surface area (Å²) in [6.45, 7) is 3.68. The van der Waals surface area contributed by atoms with E-state index in [-0.39, 0.29) is 23.7 Å². The molecule has 12 heteroatoms. The predicted molar refractivity (Wildman–Crippen MR) is 143 cm³/mol. The quantitative estimate of drug-likeness (QED) is 0.364. The number of nitrogens with one attached hydrogen (secondary N) is 2. The first-order valence-electron chi connectivity index (χ1n) is 12.7. The van der Waals surface area contributed by atoms with Crippen LogP contribution in [0.2, 0.25) is 0 Å². The number of fused-ring (bicyclic) bond motifs is 1. The molecule has 0 aromatic carbocycles. The lowest BCUT2D eigenvalue weighted by Gasteiger charge is -2.29. The Kier molecular flexibility index (Phi) is 8.88. The van der Waals surface area contributed by atoms with Gasteiger partial charge >= 0.3 is 6.03 Å². The van der Waals surface area contributed by atoms with Crippen LogP contribution in [0.15, 0.2) is 24.0 Å². The molecule has 2 N–H and O–H groups in total. The molecule has 39 heavy (non-hydrogen) atoms. The first-order chi connectivity index (χ1) is 18.9. The largest absolute Gasteiger partial charge is 0.383 e. The number of urea groups is 1. The van der Waals surface area contributed by atoms with Gasteiger partial charge in [-0.25, -0.2) is 19.6 Å². The zero-order valence-corrected chi connectivity index (χ0v) is 22.2. The molecule has 4 rings (SSSR count). The molecule has 0 spiro atoms. The molecule has 0 radical (unpaired) electrons. The summed E-state index contributed by atoms with van der Waals surface area (Å²) in [5, 5.41) is 15.4. The first kappa shape index (κ1) is 27.7. The Morgan fingerprint density at radius 2 is 2.15 bits per heavy atom. The number of ether oxygens (including phenoxy) is 2. The minimum Gasteiger partial charge on any atom is -0.383 e. The molecule has 12 nitrogen and oxygen atoms in total. The number of hydrogen-bond donors (Lipinski definition) is 2. The lowest BCUT2D eigenvalue weighted by Crippen LogP contribution is -2.40. The third-order valence-corrected chi connectivity index (χ3v) is 6.77. The maximum atomic E-state index is 13.3. The Balaban J connectivity index is 1.55. The molecule has 1 saturated heterocycles. The van der Waals surface area contributed by atoms with Crippen LogP contribution in [0.5, 0.6) is 0 Å². The van der Waals surface area contributed by atoms with Gasteiger partial charge < -0.3 is 19.7 Å². The number of hydrogen-bond acceptors (Lipinski definition) is 10. The van der Waals surface area contributed by atoms with E-state index in [1.54, 1.807) is 20.3 Å². The SMILES string of the molecule is COC[C@H](C)Nc1cc(NC(=O)N2CCCc3cc(CN4CC[C@H](OC)C4=C=O)c(C=O)nc32)ncc1C#N. The molecule has 1 fully saturated rings. The van der Waals surface area contributed by atoms with Crippen molar-refractivity contribution in [1.29, 1.82) is 5.26 Å². The summed E-state index contributed by atoms with van der Waals surface area (Å²) >= 11 is 0. The number of aldehydes is 1. The number of aromatic nitrogens is 2. The predicted octanol–water partition coefficient (Wildman–Crippen LogP) is 2.53. The Labute approximate surface area is 226 Å². The molecular formula is C27H31N7O5. The third kappa shape index (κ3) is 6.07. The number of amides is 2. The van der Waals surface area contributed by atoms with Crippen LogP contribution in [0.4, 0.5) is 22.1 Å². The van der Waals surface area contributed by atoms with Crippen LogP contribution < -0.4 is 15.5 Å². The molecule has 4 heterocycles. The smallest absolute Gasteiger partial charge is 0.328 e. The summed E-state index contributed by atoms with van der Waals surface area (Å²) in [4.78, 5) is 48.9. The minimum absolute atomic E-state index is 0.0683. The monoisotopic (exact) mass is 533 g/mol. The lowest BCUT2D eigenvalue weighted by atomic mass is 10.0. The number of nitrogens with zero attached hydrogens (tertiary/aromatic N) is 5. The van der Waals surface area contributed by atoms with E-state index in [1.807, 2.05) is 23.8 Å². The van der Waals surface area contributed by atoms with Gasteiger partial charge in [0.05, 0.1) is 17.9 Å². The van der Waals surface area contributed by atoms with Gasteiger partial charge in [0, 0.05) is 57.7 Å². The van der Waals surface area contributed by atoms with E-state index in [9.17, 15) is 19.6 Å². The highest BCUT2D eigenvalue weighted by atomic mass is 16.5. The number of rotatable bonds is 9. The van der Waals surface area contributed by atoms with Crippen LogP contribution in [0.1, 0.15) is 46.9 Å². The molecular weight excluding hydrogens is 502 g/mol. The summed E-state index contributed by atoms with van der Waals surface area (Å²) in [5.41, 5.74) is 3.00. The molecule has 2 aliphatic heterocycles. The number of anilines is 3. The summed E-state index contributed by atoms with van der Waals surface area (Å²) in [7, 11) is 3.14. The van der Waals surface area contributed by atoms with Crippen molar-refractivity contribution in [3.8, 4) is 6.07 Å². The molecule has 0 unspecified atom stereocenters. The zero-order chi connectivity index (χ0) is 27.9. The van der Waals surface area contributed by atoms with E-state index in [1.165, 1.54) is 11.1 Å². The second-order valence-corrected chi connectivity index (χ2v) is 9.47. The fourth-order valence-electron chi connectivity index (χ4n) is 4.91. The minimum atomic E-state index is -0.449. The van der Waals surface area contributed by atoms with Crippen LogP contribution in [-0.4, -0.2) is 79.2 Å². The molecule has 2 atom stereocenters. The van der Waals surface area contributed by atoms with Crippen molar-refractivity contribution >= 4 is 35.6 Å². The van der Waals surface area contributed by atoms with Gasteiger partial charge in [-0.15, -0.1) is 0 Å².